The Bertz CT molecular complexity index is 935. The normalized spacial score (nSPS) is 10.4. The highest BCUT2D eigenvalue weighted by molar-refractivity contribution is 9.10. The quantitative estimate of drug-likeness (QED) is 0.426. The van der Waals surface area contributed by atoms with E-state index in [0.717, 1.165) is 21.3 Å². The third-order valence-corrected chi connectivity index (χ3v) is 5.27. The number of methoxy groups -OCH3 is 2. The van der Waals surface area contributed by atoms with Gasteiger partial charge in [0, 0.05) is 22.3 Å². The number of anilines is 1. The van der Waals surface area contributed by atoms with E-state index in [9.17, 15) is 0 Å². The SMILES string of the molecule is COc1ccc(NCc2c(Br)ccc(OC)c2OCc2ccccc2)cc1Cl. The molecular weight excluding hydrogens is 442 g/mol. The third kappa shape index (κ3) is 4.91. The largest absolute Gasteiger partial charge is 0.495 e. The molecule has 3 aromatic carbocycles. The highest BCUT2D eigenvalue weighted by Crippen LogP contribution is 2.37. The molecule has 0 bridgehead atoms. The first kappa shape index (κ1) is 20.4. The summed E-state index contributed by atoms with van der Waals surface area (Å²) in [5.41, 5.74) is 2.93. The van der Waals surface area contributed by atoms with E-state index in [4.69, 9.17) is 25.8 Å². The molecule has 3 rings (SSSR count). The smallest absolute Gasteiger partial charge is 0.167 e. The molecule has 0 saturated heterocycles. The van der Waals surface area contributed by atoms with E-state index in [1.54, 1.807) is 14.2 Å². The molecule has 4 nitrogen and oxygen atoms in total. The second kappa shape index (κ2) is 9.71. The Hall–Kier alpha value is -2.37. The van der Waals surface area contributed by atoms with Crippen LogP contribution in [0.25, 0.3) is 0 Å². The van der Waals surface area contributed by atoms with Gasteiger partial charge in [-0.15, -0.1) is 0 Å². The fraction of sp³-hybridized carbons (Fsp3) is 0.182. The maximum Gasteiger partial charge on any atom is 0.167 e. The van der Waals surface area contributed by atoms with Gasteiger partial charge in [-0.2, -0.15) is 0 Å². The second-order valence-electron chi connectivity index (χ2n) is 6.03. The molecule has 6 heteroatoms. The Labute approximate surface area is 178 Å². The number of benzene rings is 3. The molecule has 146 valence electrons. The molecular formula is C22H21BrClNO3. The summed E-state index contributed by atoms with van der Waals surface area (Å²) in [6.07, 6.45) is 0. The van der Waals surface area contributed by atoms with Gasteiger partial charge in [-0.05, 0) is 35.9 Å². The topological polar surface area (TPSA) is 39.7 Å². The van der Waals surface area contributed by atoms with Crippen molar-refractivity contribution >= 4 is 33.2 Å². The monoisotopic (exact) mass is 461 g/mol. The molecule has 0 radical (unpaired) electrons. The fourth-order valence-electron chi connectivity index (χ4n) is 2.76. The van der Waals surface area contributed by atoms with Crippen molar-refractivity contribution in [3.63, 3.8) is 0 Å². The average molecular weight is 463 g/mol. The van der Waals surface area contributed by atoms with E-state index in [1.165, 1.54) is 0 Å². The van der Waals surface area contributed by atoms with Crippen LogP contribution >= 0.6 is 27.5 Å². The lowest BCUT2D eigenvalue weighted by Crippen LogP contribution is -2.06. The maximum atomic E-state index is 6.22. The Morgan fingerprint density at radius 1 is 0.929 bits per heavy atom. The molecule has 0 unspecified atom stereocenters. The van der Waals surface area contributed by atoms with Crippen molar-refractivity contribution in [1.29, 1.82) is 0 Å². The van der Waals surface area contributed by atoms with Gasteiger partial charge in [-0.3, -0.25) is 0 Å². The van der Waals surface area contributed by atoms with Crippen molar-refractivity contribution in [2.24, 2.45) is 0 Å². The summed E-state index contributed by atoms with van der Waals surface area (Å²) in [4.78, 5) is 0. The third-order valence-electron chi connectivity index (χ3n) is 4.23. The zero-order valence-corrected chi connectivity index (χ0v) is 18.0. The van der Waals surface area contributed by atoms with E-state index in [0.29, 0.717) is 35.4 Å². The minimum absolute atomic E-state index is 0.453. The van der Waals surface area contributed by atoms with Crippen LogP contribution in [0.4, 0.5) is 5.69 Å². The predicted octanol–water partition coefficient (Wildman–Crippen LogP) is 6.31. The average Bonchev–Trinajstić information content (AvgIpc) is 2.72. The molecule has 3 aromatic rings. The summed E-state index contributed by atoms with van der Waals surface area (Å²) >= 11 is 9.85. The van der Waals surface area contributed by atoms with Crippen LogP contribution in [0.3, 0.4) is 0 Å². The molecule has 0 fully saturated rings. The molecule has 0 spiro atoms. The van der Waals surface area contributed by atoms with Crippen LogP contribution in [0.1, 0.15) is 11.1 Å². The Balaban J connectivity index is 1.81. The second-order valence-corrected chi connectivity index (χ2v) is 7.30. The van der Waals surface area contributed by atoms with Gasteiger partial charge in [0.25, 0.3) is 0 Å². The predicted molar refractivity (Wildman–Crippen MR) is 117 cm³/mol. The van der Waals surface area contributed by atoms with Crippen LogP contribution in [0, 0.1) is 0 Å². The fourth-order valence-corrected chi connectivity index (χ4v) is 3.47. The Morgan fingerprint density at radius 2 is 1.64 bits per heavy atom. The highest BCUT2D eigenvalue weighted by Gasteiger charge is 2.15. The Kier molecular flexibility index (Phi) is 7.06. The van der Waals surface area contributed by atoms with Crippen LogP contribution in [0.2, 0.25) is 5.02 Å². The van der Waals surface area contributed by atoms with Crippen molar-refractivity contribution in [2.75, 3.05) is 19.5 Å². The van der Waals surface area contributed by atoms with Gasteiger partial charge in [-0.1, -0.05) is 57.9 Å². The molecule has 0 amide bonds. The van der Waals surface area contributed by atoms with Gasteiger partial charge in [0.05, 0.1) is 19.2 Å². The van der Waals surface area contributed by atoms with Crippen LogP contribution < -0.4 is 19.5 Å². The molecule has 0 aliphatic rings. The lowest BCUT2D eigenvalue weighted by atomic mass is 10.1. The van der Waals surface area contributed by atoms with E-state index in [1.807, 2.05) is 60.7 Å². The van der Waals surface area contributed by atoms with Crippen LogP contribution in [0.15, 0.2) is 65.1 Å². The Morgan fingerprint density at radius 3 is 2.32 bits per heavy atom. The number of ether oxygens (including phenoxy) is 3. The van der Waals surface area contributed by atoms with Crippen molar-refractivity contribution < 1.29 is 14.2 Å². The summed E-state index contributed by atoms with van der Waals surface area (Å²) in [5.74, 6) is 2.03. The first-order chi connectivity index (χ1) is 13.6. The van der Waals surface area contributed by atoms with Gasteiger partial charge >= 0.3 is 0 Å². The van der Waals surface area contributed by atoms with E-state index in [2.05, 4.69) is 21.2 Å². The first-order valence-electron chi connectivity index (χ1n) is 8.72. The molecule has 0 aliphatic heterocycles. The zero-order valence-electron chi connectivity index (χ0n) is 15.7. The first-order valence-corrected chi connectivity index (χ1v) is 9.89. The summed E-state index contributed by atoms with van der Waals surface area (Å²) in [5, 5.41) is 3.93. The number of hydrogen-bond donors (Lipinski definition) is 1. The number of hydrogen-bond acceptors (Lipinski definition) is 4. The van der Waals surface area contributed by atoms with Gasteiger partial charge in [0.1, 0.15) is 12.4 Å². The van der Waals surface area contributed by atoms with Crippen molar-refractivity contribution in [1.82, 2.24) is 0 Å². The standard InChI is InChI=1S/C22H21BrClNO3/c1-26-20-10-8-16(12-19(20)24)25-13-17-18(23)9-11-21(27-2)22(17)28-14-15-6-4-3-5-7-15/h3-12,25H,13-14H2,1-2H3. The molecule has 0 aliphatic carbocycles. The highest BCUT2D eigenvalue weighted by atomic mass is 79.9. The molecule has 0 heterocycles. The van der Waals surface area contributed by atoms with Crippen LogP contribution in [-0.2, 0) is 13.2 Å². The van der Waals surface area contributed by atoms with Crippen LogP contribution in [-0.4, -0.2) is 14.2 Å². The molecule has 1 N–H and O–H groups in total. The van der Waals surface area contributed by atoms with Gasteiger partial charge < -0.3 is 19.5 Å². The zero-order chi connectivity index (χ0) is 19.9. The van der Waals surface area contributed by atoms with Crippen LogP contribution in [0.5, 0.6) is 17.2 Å². The van der Waals surface area contributed by atoms with Gasteiger partial charge in [0.2, 0.25) is 0 Å². The van der Waals surface area contributed by atoms with E-state index >= 15 is 0 Å². The molecule has 28 heavy (non-hydrogen) atoms. The summed E-state index contributed by atoms with van der Waals surface area (Å²) < 4.78 is 17.8. The van der Waals surface area contributed by atoms with Crippen molar-refractivity contribution in [3.8, 4) is 17.2 Å². The number of halogens is 2. The number of rotatable bonds is 8. The molecule has 0 atom stereocenters. The van der Waals surface area contributed by atoms with Gasteiger partial charge in [0.15, 0.2) is 11.5 Å². The number of nitrogens with one attached hydrogen (secondary N) is 1. The summed E-state index contributed by atoms with van der Waals surface area (Å²) in [7, 11) is 3.23. The van der Waals surface area contributed by atoms with E-state index < -0.39 is 0 Å². The minimum Gasteiger partial charge on any atom is -0.495 e. The van der Waals surface area contributed by atoms with Gasteiger partial charge in [-0.25, -0.2) is 0 Å². The van der Waals surface area contributed by atoms with Crippen molar-refractivity contribution in [3.05, 3.63) is 81.3 Å². The lowest BCUT2D eigenvalue weighted by molar-refractivity contribution is 0.281. The lowest BCUT2D eigenvalue weighted by Gasteiger charge is -2.18. The molecule has 0 aromatic heterocycles. The van der Waals surface area contributed by atoms with E-state index in [-0.39, 0.29) is 0 Å². The summed E-state index contributed by atoms with van der Waals surface area (Å²) in [6, 6.07) is 19.5. The summed E-state index contributed by atoms with van der Waals surface area (Å²) in [6.45, 7) is 0.986. The minimum atomic E-state index is 0.453. The molecule has 0 saturated carbocycles. The maximum absolute atomic E-state index is 6.22. The van der Waals surface area contributed by atoms with Crippen molar-refractivity contribution in [2.45, 2.75) is 13.2 Å².